The van der Waals surface area contributed by atoms with Crippen LogP contribution in [0.2, 0.25) is 0 Å². The third-order valence-corrected chi connectivity index (χ3v) is 2.97. The molecular formula is C15H15NO3. The van der Waals surface area contributed by atoms with Crippen LogP contribution in [0.4, 0.5) is 5.69 Å². The second-order valence-electron chi connectivity index (χ2n) is 4.41. The smallest absolute Gasteiger partial charge is 0.335 e. The van der Waals surface area contributed by atoms with Crippen LogP contribution in [-0.2, 0) is 0 Å². The molecule has 0 aliphatic carbocycles. The van der Waals surface area contributed by atoms with Gasteiger partial charge < -0.3 is 15.6 Å². The van der Waals surface area contributed by atoms with Crippen molar-refractivity contribution >= 4 is 11.7 Å². The molecule has 2 rings (SSSR count). The van der Waals surface area contributed by atoms with Crippen LogP contribution < -0.4 is 10.5 Å². The van der Waals surface area contributed by atoms with Gasteiger partial charge in [-0.1, -0.05) is 6.07 Å². The van der Waals surface area contributed by atoms with Gasteiger partial charge in [0.25, 0.3) is 0 Å². The number of anilines is 1. The Morgan fingerprint density at radius 1 is 1.11 bits per heavy atom. The summed E-state index contributed by atoms with van der Waals surface area (Å²) in [5, 5.41) is 8.95. The van der Waals surface area contributed by atoms with Crippen LogP contribution in [0.1, 0.15) is 21.5 Å². The first-order valence-corrected chi connectivity index (χ1v) is 5.85. The topological polar surface area (TPSA) is 72.5 Å². The van der Waals surface area contributed by atoms with Crippen LogP contribution in [-0.4, -0.2) is 11.1 Å². The lowest BCUT2D eigenvalue weighted by molar-refractivity contribution is 0.0696. The van der Waals surface area contributed by atoms with Crippen molar-refractivity contribution in [3.63, 3.8) is 0 Å². The van der Waals surface area contributed by atoms with E-state index in [2.05, 4.69) is 0 Å². The zero-order valence-corrected chi connectivity index (χ0v) is 10.8. The van der Waals surface area contributed by atoms with Crippen LogP contribution in [0.25, 0.3) is 0 Å². The van der Waals surface area contributed by atoms with E-state index in [9.17, 15) is 4.79 Å². The van der Waals surface area contributed by atoms with Crippen LogP contribution in [0.3, 0.4) is 0 Å². The molecule has 0 saturated heterocycles. The average Bonchev–Trinajstić information content (AvgIpc) is 2.36. The summed E-state index contributed by atoms with van der Waals surface area (Å²) in [4.78, 5) is 10.9. The number of carbonyl (C=O) groups is 1. The third-order valence-electron chi connectivity index (χ3n) is 2.97. The van der Waals surface area contributed by atoms with Crippen molar-refractivity contribution in [2.24, 2.45) is 0 Å². The van der Waals surface area contributed by atoms with Gasteiger partial charge >= 0.3 is 5.97 Å². The van der Waals surface area contributed by atoms with Gasteiger partial charge in [0.05, 0.1) is 11.3 Å². The number of nitrogens with two attached hydrogens (primary N) is 1. The number of aromatic carboxylic acids is 1. The Labute approximate surface area is 111 Å². The normalized spacial score (nSPS) is 10.2. The Morgan fingerprint density at radius 3 is 2.47 bits per heavy atom. The molecule has 3 N–H and O–H groups in total. The maximum absolute atomic E-state index is 10.9. The fraction of sp³-hybridized carbons (Fsp3) is 0.133. The van der Waals surface area contributed by atoms with Crippen molar-refractivity contribution in [1.82, 2.24) is 0 Å². The molecule has 98 valence electrons. The van der Waals surface area contributed by atoms with E-state index >= 15 is 0 Å². The average molecular weight is 257 g/mol. The van der Waals surface area contributed by atoms with Crippen molar-refractivity contribution in [1.29, 1.82) is 0 Å². The number of hydrogen-bond donors (Lipinski definition) is 2. The van der Waals surface area contributed by atoms with E-state index in [-0.39, 0.29) is 5.56 Å². The van der Waals surface area contributed by atoms with Crippen molar-refractivity contribution in [3.8, 4) is 11.5 Å². The number of benzene rings is 2. The van der Waals surface area contributed by atoms with Crippen LogP contribution in [0.15, 0.2) is 36.4 Å². The van der Waals surface area contributed by atoms with Gasteiger partial charge in [-0.15, -0.1) is 0 Å². The van der Waals surface area contributed by atoms with Gasteiger partial charge in [0.15, 0.2) is 5.75 Å². The highest BCUT2D eigenvalue weighted by Gasteiger charge is 2.09. The number of ether oxygens (including phenoxy) is 1. The van der Waals surface area contributed by atoms with Gasteiger partial charge in [0.1, 0.15) is 5.75 Å². The number of carboxylic acids is 1. The second kappa shape index (κ2) is 5.02. The Balaban J connectivity index is 2.34. The minimum atomic E-state index is -1.01. The summed E-state index contributed by atoms with van der Waals surface area (Å²) in [6.07, 6.45) is 0. The molecule has 2 aromatic rings. The summed E-state index contributed by atoms with van der Waals surface area (Å²) in [5.74, 6) is -0.0228. The monoisotopic (exact) mass is 257 g/mol. The number of rotatable bonds is 3. The molecule has 0 spiro atoms. The van der Waals surface area contributed by atoms with Crippen LogP contribution in [0.5, 0.6) is 11.5 Å². The van der Waals surface area contributed by atoms with Crippen LogP contribution in [0, 0.1) is 13.8 Å². The van der Waals surface area contributed by atoms with E-state index in [1.165, 1.54) is 23.8 Å². The van der Waals surface area contributed by atoms with E-state index in [0.29, 0.717) is 17.2 Å². The maximum Gasteiger partial charge on any atom is 0.335 e. The van der Waals surface area contributed by atoms with Crippen molar-refractivity contribution < 1.29 is 14.6 Å². The zero-order chi connectivity index (χ0) is 14.0. The molecule has 0 saturated carbocycles. The molecule has 4 heteroatoms. The Morgan fingerprint density at radius 2 is 1.84 bits per heavy atom. The molecule has 0 aliphatic heterocycles. The fourth-order valence-electron chi connectivity index (χ4n) is 1.66. The van der Waals surface area contributed by atoms with E-state index < -0.39 is 5.97 Å². The molecule has 0 unspecified atom stereocenters. The summed E-state index contributed by atoms with van der Waals surface area (Å²) in [7, 11) is 0. The van der Waals surface area contributed by atoms with Crippen molar-refractivity contribution in [2.45, 2.75) is 13.8 Å². The van der Waals surface area contributed by atoms with E-state index in [1.54, 1.807) is 0 Å². The van der Waals surface area contributed by atoms with Gasteiger partial charge in [-0.05, 0) is 55.3 Å². The molecule has 0 aromatic heterocycles. The molecule has 0 bridgehead atoms. The predicted molar refractivity (Wildman–Crippen MR) is 73.8 cm³/mol. The van der Waals surface area contributed by atoms with Crippen molar-refractivity contribution in [3.05, 3.63) is 53.1 Å². The third kappa shape index (κ3) is 2.85. The summed E-state index contributed by atoms with van der Waals surface area (Å²) < 4.78 is 5.65. The number of carboxylic acid groups (broad SMARTS) is 1. The minimum absolute atomic E-state index is 0.146. The zero-order valence-electron chi connectivity index (χ0n) is 10.8. The number of aryl methyl sites for hydroxylation is 2. The van der Waals surface area contributed by atoms with Gasteiger partial charge in [-0.2, -0.15) is 0 Å². The lowest BCUT2D eigenvalue weighted by Crippen LogP contribution is -1.99. The number of nitrogen functional groups attached to an aromatic ring is 1. The van der Waals surface area contributed by atoms with Crippen molar-refractivity contribution in [2.75, 3.05) is 5.73 Å². The first-order chi connectivity index (χ1) is 8.97. The van der Waals surface area contributed by atoms with E-state index in [4.69, 9.17) is 15.6 Å². The first kappa shape index (κ1) is 13.0. The Hall–Kier alpha value is -2.49. The fourth-order valence-corrected chi connectivity index (χ4v) is 1.66. The standard InChI is InChI=1S/C15H15NO3/c1-9-3-5-12(7-10(9)2)19-14-8-11(15(17)18)4-6-13(14)16/h3-8H,16H2,1-2H3,(H,17,18). The molecule has 2 aromatic carbocycles. The second-order valence-corrected chi connectivity index (χ2v) is 4.41. The summed E-state index contributed by atoms with van der Waals surface area (Å²) in [5.41, 5.74) is 8.61. The molecule has 0 fully saturated rings. The minimum Gasteiger partial charge on any atom is -0.478 e. The van der Waals surface area contributed by atoms with Crippen LogP contribution >= 0.6 is 0 Å². The molecule has 0 heterocycles. The van der Waals surface area contributed by atoms with Gasteiger partial charge in [0.2, 0.25) is 0 Å². The summed E-state index contributed by atoms with van der Waals surface area (Å²) in [6.45, 7) is 4.00. The quantitative estimate of drug-likeness (QED) is 0.827. The Bertz CT molecular complexity index is 635. The van der Waals surface area contributed by atoms with E-state index in [0.717, 1.165) is 5.56 Å². The molecule has 0 amide bonds. The first-order valence-electron chi connectivity index (χ1n) is 5.85. The molecule has 0 aliphatic rings. The van der Waals surface area contributed by atoms with E-state index in [1.807, 2.05) is 32.0 Å². The Kier molecular flexibility index (Phi) is 3.42. The van der Waals surface area contributed by atoms with Gasteiger partial charge in [-0.25, -0.2) is 4.79 Å². The molecule has 0 radical (unpaired) electrons. The largest absolute Gasteiger partial charge is 0.478 e. The number of hydrogen-bond acceptors (Lipinski definition) is 3. The highest BCUT2D eigenvalue weighted by Crippen LogP contribution is 2.29. The maximum atomic E-state index is 10.9. The summed E-state index contributed by atoms with van der Waals surface area (Å²) >= 11 is 0. The SMILES string of the molecule is Cc1ccc(Oc2cc(C(=O)O)ccc2N)cc1C. The molecule has 4 nitrogen and oxygen atoms in total. The predicted octanol–water partition coefficient (Wildman–Crippen LogP) is 3.38. The highest BCUT2D eigenvalue weighted by atomic mass is 16.5. The van der Waals surface area contributed by atoms with Gasteiger partial charge in [-0.3, -0.25) is 0 Å². The lowest BCUT2D eigenvalue weighted by atomic mass is 10.1. The van der Waals surface area contributed by atoms with Gasteiger partial charge in [0, 0.05) is 0 Å². The highest BCUT2D eigenvalue weighted by molar-refractivity contribution is 5.89. The molecule has 19 heavy (non-hydrogen) atoms. The molecule has 0 atom stereocenters. The summed E-state index contributed by atoms with van der Waals surface area (Å²) in [6, 6.07) is 10.1. The molecular weight excluding hydrogens is 242 g/mol. The lowest BCUT2D eigenvalue weighted by Gasteiger charge is -2.10.